The number of sulfonamides is 1. The molecule has 8 heteroatoms. The summed E-state index contributed by atoms with van der Waals surface area (Å²) < 4.78 is 27.3. The van der Waals surface area contributed by atoms with Crippen molar-refractivity contribution in [3.8, 4) is 6.07 Å². The highest BCUT2D eigenvalue weighted by Crippen LogP contribution is 2.20. The SMILES string of the molecule is CC(C)(CN)NS(=O)(=O)c1cc(Br)cc(C#N)c1.Cl. The zero-order chi connectivity index (χ0) is 14.0. The Balaban J connectivity index is 0.00000324. The Kier molecular flexibility index (Phi) is 6.45. The number of rotatable bonds is 4. The summed E-state index contributed by atoms with van der Waals surface area (Å²) in [5.74, 6) is 0. The van der Waals surface area contributed by atoms with Crippen LogP contribution >= 0.6 is 28.3 Å². The topological polar surface area (TPSA) is 96.0 Å². The van der Waals surface area contributed by atoms with Gasteiger partial charge in [-0.1, -0.05) is 15.9 Å². The third-order valence-electron chi connectivity index (χ3n) is 2.23. The normalized spacial score (nSPS) is 11.5. The average Bonchev–Trinajstić information content (AvgIpc) is 2.27. The summed E-state index contributed by atoms with van der Waals surface area (Å²) in [6.45, 7) is 3.55. The van der Waals surface area contributed by atoms with Crippen molar-refractivity contribution in [2.75, 3.05) is 6.54 Å². The van der Waals surface area contributed by atoms with Crippen molar-refractivity contribution in [2.45, 2.75) is 24.3 Å². The zero-order valence-corrected chi connectivity index (χ0v) is 13.7. The molecule has 0 aliphatic carbocycles. The molecule has 0 unspecified atom stereocenters. The van der Waals surface area contributed by atoms with Crippen molar-refractivity contribution in [1.82, 2.24) is 4.72 Å². The number of benzene rings is 1. The number of nitrogens with zero attached hydrogens (tertiary/aromatic N) is 1. The van der Waals surface area contributed by atoms with E-state index in [4.69, 9.17) is 11.0 Å². The van der Waals surface area contributed by atoms with Gasteiger partial charge in [0.1, 0.15) is 0 Å². The first kappa shape index (κ1) is 18.4. The summed E-state index contributed by atoms with van der Waals surface area (Å²) in [5, 5.41) is 8.82. The van der Waals surface area contributed by atoms with Gasteiger partial charge in [-0.05, 0) is 32.0 Å². The summed E-state index contributed by atoms with van der Waals surface area (Å²) in [4.78, 5) is 0.0370. The van der Waals surface area contributed by atoms with Gasteiger partial charge >= 0.3 is 0 Å². The molecule has 0 bridgehead atoms. The van der Waals surface area contributed by atoms with Crippen LogP contribution in [0, 0.1) is 11.3 Å². The van der Waals surface area contributed by atoms with Crippen LogP contribution in [0.4, 0.5) is 0 Å². The fraction of sp³-hybridized carbons (Fsp3) is 0.364. The molecule has 0 saturated heterocycles. The highest BCUT2D eigenvalue weighted by atomic mass is 79.9. The van der Waals surface area contributed by atoms with Crippen molar-refractivity contribution < 1.29 is 8.42 Å². The van der Waals surface area contributed by atoms with Gasteiger partial charge in [0.25, 0.3) is 0 Å². The summed E-state index contributed by atoms with van der Waals surface area (Å²) >= 11 is 3.17. The lowest BCUT2D eigenvalue weighted by Crippen LogP contribution is -2.48. The molecule has 1 aromatic carbocycles. The van der Waals surface area contributed by atoms with Gasteiger partial charge in [-0.15, -0.1) is 12.4 Å². The molecule has 1 rings (SSSR count). The first-order chi connectivity index (χ1) is 8.20. The molecule has 0 aliphatic heterocycles. The van der Waals surface area contributed by atoms with Crippen LogP contribution in [0.2, 0.25) is 0 Å². The maximum Gasteiger partial charge on any atom is 0.241 e. The molecule has 0 saturated carbocycles. The Bertz CT molecular complexity index is 596. The van der Waals surface area contributed by atoms with Gasteiger partial charge in [0, 0.05) is 16.6 Å². The molecule has 3 N–H and O–H groups in total. The molecule has 0 aliphatic rings. The van der Waals surface area contributed by atoms with Crippen LogP contribution in [-0.2, 0) is 10.0 Å². The second kappa shape index (κ2) is 6.68. The minimum atomic E-state index is -3.70. The molecule has 1 aromatic rings. The average molecular weight is 369 g/mol. The van der Waals surface area contributed by atoms with E-state index in [1.54, 1.807) is 19.9 Å². The van der Waals surface area contributed by atoms with Gasteiger partial charge in [0.15, 0.2) is 0 Å². The molecule has 0 aromatic heterocycles. The van der Waals surface area contributed by atoms with Gasteiger partial charge in [-0.25, -0.2) is 13.1 Å². The van der Waals surface area contributed by atoms with E-state index < -0.39 is 15.6 Å². The molecule has 0 amide bonds. The van der Waals surface area contributed by atoms with E-state index in [-0.39, 0.29) is 29.4 Å². The zero-order valence-electron chi connectivity index (χ0n) is 10.5. The fourth-order valence-electron chi connectivity index (χ4n) is 1.25. The van der Waals surface area contributed by atoms with E-state index in [1.165, 1.54) is 12.1 Å². The van der Waals surface area contributed by atoms with Gasteiger partial charge in [-0.3, -0.25) is 0 Å². The lowest BCUT2D eigenvalue weighted by Gasteiger charge is -2.23. The molecule has 0 radical (unpaired) electrons. The second-order valence-electron chi connectivity index (χ2n) is 4.48. The molecule has 19 heavy (non-hydrogen) atoms. The molecule has 0 atom stereocenters. The van der Waals surface area contributed by atoms with Crippen LogP contribution < -0.4 is 10.5 Å². The van der Waals surface area contributed by atoms with E-state index >= 15 is 0 Å². The van der Waals surface area contributed by atoms with Gasteiger partial charge in [0.2, 0.25) is 10.0 Å². The monoisotopic (exact) mass is 367 g/mol. The number of nitriles is 1. The maximum absolute atomic E-state index is 12.1. The number of nitrogens with two attached hydrogens (primary N) is 1. The van der Waals surface area contributed by atoms with Crippen LogP contribution in [-0.4, -0.2) is 20.5 Å². The van der Waals surface area contributed by atoms with Crippen molar-refractivity contribution in [2.24, 2.45) is 5.73 Å². The summed E-state index contributed by atoms with van der Waals surface area (Å²) in [6, 6.07) is 6.22. The molecule has 0 fully saturated rings. The van der Waals surface area contributed by atoms with Crippen LogP contribution in [0.5, 0.6) is 0 Å². The van der Waals surface area contributed by atoms with Crippen molar-refractivity contribution in [3.63, 3.8) is 0 Å². The summed E-state index contributed by atoms with van der Waals surface area (Å²) in [6.07, 6.45) is 0. The number of halogens is 2. The van der Waals surface area contributed by atoms with Crippen LogP contribution in [0.1, 0.15) is 19.4 Å². The van der Waals surface area contributed by atoms with Crippen molar-refractivity contribution >= 4 is 38.4 Å². The first-order valence-corrected chi connectivity index (χ1v) is 7.42. The van der Waals surface area contributed by atoms with Crippen molar-refractivity contribution in [3.05, 3.63) is 28.2 Å². The molecule has 0 spiro atoms. The standard InChI is InChI=1S/C11H14BrN3O2S.ClH/c1-11(2,7-14)15-18(16,17)10-4-8(6-13)3-9(12)5-10;/h3-5,15H,7,14H2,1-2H3;1H. The lowest BCUT2D eigenvalue weighted by molar-refractivity contribution is 0.462. The van der Waals surface area contributed by atoms with E-state index in [0.29, 0.717) is 4.47 Å². The third-order valence-corrected chi connectivity index (χ3v) is 4.37. The Morgan fingerprint density at radius 1 is 1.42 bits per heavy atom. The van der Waals surface area contributed by atoms with Gasteiger partial charge in [0.05, 0.1) is 16.5 Å². The van der Waals surface area contributed by atoms with Gasteiger partial charge < -0.3 is 5.73 Å². The Hall–Kier alpha value is -0.650. The number of nitrogens with one attached hydrogen (secondary N) is 1. The van der Waals surface area contributed by atoms with Crippen LogP contribution in [0.15, 0.2) is 27.6 Å². The predicted octanol–water partition coefficient (Wildman–Crippen LogP) is 1.76. The molecular formula is C11H15BrClN3O2S. The first-order valence-electron chi connectivity index (χ1n) is 5.15. The predicted molar refractivity (Wildman–Crippen MR) is 79.6 cm³/mol. The Labute approximate surface area is 127 Å². The van der Waals surface area contributed by atoms with Crippen molar-refractivity contribution in [1.29, 1.82) is 5.26 Å². The van der Waals surface area contributed by atoms with Gasteiger partial charge in [-0.2, -0.15) is 5.26 Å². The van der Waals surface area contributed by atoms with E-state index in [1.807, 2.05) is 6.07 Å². The molecular weight excluding hydrogens is 354 g/mol. The van der Waals surface area contributed by atoms with Crippen LogP contribution in [0.25, 0.3) is 0 Å². The summed E-state index contributed by atoms with van der Waals surface area (Å²) in [7, 11) is -3.70. The highest BCUT2D eigenvalue weighted by Gasteiger charge is 2.25. The number of hydrogen-bond donors (Lipinski definition) is 2. The molecule has 106 valence electrons. The Morgan fingerprint density at radius 2 is 2.00 bits per heavy atom. The summed E-state index contributed by atoms with van der Waals surface area (Å²) in [5.41, 5.74) is 5.02. The maximum atomic E-state index is 12.1. The van der Waals surface area contributed by atoms with E-state index in [0.717, 1.165) is 0 Å². The molecule has 5 nitrogen and oxygen atoms in total. The Morgan fingerprint density at radius 3 is 2.47 bits per heavy atom. The van der Waals surface area contributed by atoms with E-state index in [2.05, 4.69) is 20.7 Å². The molecule has 0 heterocycles. The largest absolute Gasteiger partial charge is 0.329 e. The number of hydrogen-bond acceptors (Lipinski definition) is 4. The van der Waals surface area contributed by atoms with E-state index in [9.17, 15) is 8.42 Å². The lowest BCUT2D eigenvalue weighted by atomic mass is 10.1. The fourth-order valence-corrected chi connectivity index (χ4v) is 3.38. The van der Waals surface area contributed by atoms with Crippen LogP contribution in [0.3, 0.4) is 0 Å². The third kappa shape index (κ3) is 5.09. The highest BCUT2D eigenvalue weighted by molar-refractivity contribution is 9.10. The minimum absolute atomic E-state index is 0. The quantitative estimate of drug-likeness (QED) is 0.846. The smallest absolute Gasteiger partial charge is 0.241 e. The minimum Gasteiger partial charge on any atom is -0.329 e. The second-order valence-corrected chi connectivity index (χ2v) is 7.08.